The molecule has 0 saturated carbocycles. The van der Waals surface area contributed by atoms with E-state index in [9.17, 15) is 8.78 Å². The maximum absolute atomic E-state index is 13.4. The number of pyridine rings is 1. The molecule has 1 aromatic carbocycles. The Balaban J connectivity index is 1.51. The predicted octanol–water partition coefficient (Wildman–Crippen LogP) is 3.24. The number of aliphatic imine (C=N–C) groups is 1. The van der Waals surface area contributed by atoms with Crippen LogP contribution in [0.25, 0.3) is 11.4 Å². The number of hydrogen-bond donors (Lipinski definition) is 3. The summed E-state index contributed by atoms with van der Waals surface area (Å²) in [5.74, 6) is -0.603. The summed E-state index contributed by atoms with van der Waals surface area (Å²) in [6.07, 6.45) is 4.08. The number of benzene rings is 1. The number of fused-ring (bicyclic) bond motifs is 1. The van der Waals surface area contributed by atoms with Gasteiger partial charge in [0.25, 0.3) is 0 Å². The molecule has 0 spiro atoms. The molecule has 0 aliphatic carbocycles. The van der Waals surface area contributed by atoms with E-state index in [1.807, 2.05) is 13.0 Å². The molecule has 3 aromatic rings. The molecule has 2 aromatic heterocycles. The van der Waals surface area contributed by atoms with Crippen LogP contribution < -0.4 is 21.1 Å². The number of aryl methyl sites for hydroxylation is 2. The Kier molecular flexibility index (Phi) is 6.08. The number of halogens is 2. The first-order chi connectivity index (χ1) is 17.2. The van der Waals surface area contributed by atoms with Crippen LogP contribution in [0.1, 0.15) is 30.2 Å². The average Bonchev–Trinajstić information content (AvgIpc) is 3.46. The first kappa shape index (κ1) is 24.1. The lowest BCUT2D eigenvalue weighted by molar-refractivity contribution is -0.0508. The Bertz CT molecular complexity index is 1310. The molecule has 1 fully saturated rings. The summed E-state index contributed by atoms with van der Waals surface area (Å²) in [5.41, 5.74) is 9.65. The van der Waals surface area contributed by atoms with Crippen LogP contribution in [-0.2, 0) is 17.6 Å². The summed E-state index contributed by atoms with van der Waals surface area (Å²) in [5, 5.41) is 14.5. The van der Waals surface area contributed by atoms with Crippen molar-refractivity contribution in [3.63, 3.8) is 0 Å². The molecule has 4 heterocycles. The molecule has 1 saturated heterocycles. The Morgan fingerprint density at radius 1 is 1.33 bits per heavy atom. The molecule has 10 nitrogen and oxygen atoms in total. The second-order valence-corrected chi connectivity index (χ2v) is 9.55. The third-order valence-electron chi connectivity index (χ3n) is 6.46. The van der Waals surface area contributed by atoms with Crippen LogP contribution in [0.4, 0.5) is 20.3 Å². The highest BCUT2D eigenvalue weighted by molar-refractivity contribution is 5.94. The van der Waals surface area contributed by atoms with Crippen molar-refractivity contribution in [3.05, 3.63) is 47.4 Å². The molecule has 4 N–H and O–H groups in total. The van der Waals surface area contributed by atoms with E-state index in [2.05, 4.69) is 37.7 Å². The number of anilines is 2. The van der Waals surface area contributed by atoms with Crippen molar-refractivity contribution < 1.29 is 18.3 Å². The van der Waals surface area contributed by atoms with Crippen molar-refractivity contribution in [1.82, 2.24) is 19.7 Å². The van der Waals surface area contributed by atoms with E-state index in [4.69, 9.17) is 15.2 Å². The quantitative estimate of drug-likeness (QED) is 0.454. The SMILES string of the molecule is Cc1cc2c(c(NCC3(C)CCOC3)n1)NC(N)(c1ccc(-c3nncn3C)cc1OC(F)F)N=C2. The molecule has 0 bridgehead atoms. The second-order valence-electron chi connectivity index (χ2n) is 9.55. The third kappa shape index (κ3) is 4.61. The molecule has 190 valence electrons. The molecular weight excluding hydrogens is 470 g/mol. The van der Waals surface area contributed by atoms with Gasteiger partial charge in [0.15, 0.2) is 11.6 Å². The molecule has 0 amide bonds. The van der Waals surface area contributed by atoms with E-state index in [0.717, 1.165) is 24.3 Å². The van der Waals surface area contributed by atoms with Crippen LogP contribution in [0, 0.1) is 12.3 Å². The Morgan fingerprint density at radius 2 is 2.17 bits per heavy atom. The number of nitrogens with one attached hydrogen (secondary N) is 2. The van der Waals surface area contributed by atoms with Gasteiger partial charge in [-0.1, -0.05) is 13.0 Å². The molecular formula is C24H28F2N8O2. The highest BCUT2D eigenvalue weighted by Crippen LogP contribution is 2.39. The lowest BCUT2D eigenvalue weighted by Crippen LogP contribution is -2.45. The predicted molar refractivity (Wildman–Crippen MR) is 131 cm³/mol. The van der Waals surface area contributed by atoms with Gasteiger partial charge in [-0.05, 0) is 31.5 Å². The first-order valence-electron chi connectivity index (χ1n) is 11.6. The zero-order valence-electron chi connectivity index (χ0n) is 20.3. The number of aromatic nitrogens is 4. The van der Waals surface area contributed by atoms with Crippen LogP contribution in [0.15, 0.2) is 35.6 Å². The molecule has 2 aliphatic heterocycles. The van der Waals surface area contributed by atoms with Crippen molar-refractivity contribution in [2.75, 3.05) is 30.4 Å². The van der Waals surface area contributed by atoms with Gasteiger partial charge in [-0.15, -0.1) is 10.2 Å². The Labute approximate surface area is 206 Å². The van der Waals surface area contributed by atoms with Crippen LogP contribution in [-0.4, -0.2) is 52.3 Å². The number of hydrogen-bond acceptors (Lipinski definition) is 9. The second kappa shape index (κ2) is 9.10. The van der Waals surface area contributed by atoms with Gasteiger partial charge in [0.2, 0.25) is 5.79 Å². The molecule has 0 radical (unpaired) electrons. The van der Waals surface area contributed by atoms with E-state index in [1.54, 1.807) is 30.0 Å². The molecule has 2 atom stereocenters. The van der Waals surface area contributed by atoms with Gasteiger partial charge in [0.05, 0.1) is 17.9 Å². The number of ether oxygens (including phenoxy) is 2. The molecule has 5 rings (SSSR count). The zero-order chi connectivity index (χ0) is 25.5. The fraction of sp³-hybridized carbons (Fsp3) is 0.417. The maximum Gasteiger partial charge on any atom is 0.387 e. The largest absolute Gasteiger partial charge is 0.434 e. The topological polar surface area (TPSA) is 124 Å². The van der Waals surface area contributed by atoms with Gasteiger partial charge in [-0.2, -0.15) is 8.78 Å². The highest BCUT2D eigenvalue weighted by atomic mass is 19.3. The standard InChI is InChI=1S/C24H28F2N8O2/c1-14-8-16-10-29-24(27,32-19(16)20(31-14)28-11-23(2)6-7-35-12-23)17-5-4-15(9-18(17)36-22(25)26)21-33-30-13-34(21)3/h4-5,8-10,13,22,32H,6-7,11-12,27H2,1-3H3,(H,28,31). The van der Waals surface area contributed by atoms with Crippen molar-refractivity contribution in [2.45, 2.75) is 32.7 Å². The van der Waals surface area contributed by atoms with Gasteiger partial charge in [-0.3, -0.25) is 5.73 Å². The summed E-state index contributed by atoms with van der Waals surface area (Å²) in [6.45, 7) is 3.03. The summed E-state index contributed by atoms with van der Waals surface area (Å²) >= 11 is 0. The Hall–Kier alpha value is -3.64. The van der Waals surface area contributed by atoms with E-state index < -0.39 is 12.4 Å². The van der Waals surface area contributed by atoms with Crippen molar-refractivity contribution >= 4 is 17.7 Å². The summed E-state index contributed by atoms with van der Waals surface area (Å²) < 4.78 is 38.9. The number of rotatable bonds is 7. The average molecular weight is 499 g/mol. The minimum absolute atomic E-state index is 0.0190. The summed E-state index contributed by atoms with van der Waals surface area (Å²) in [4.78, 5) is 9.16. The van der Waals surface area contributed by atoms with E-state index in [-0.39, 0.29) is 16.7 Å². The monoisotopic (exact) mass is 498 g/mol. The number of nitrogens with zero attached hydrogens (tertiary/aromatic N) is 5. The maximum atomic E-state index is 13.4. The van der Waals surface area contributed by atoms with Crippen LogP contribution in [0.5, 0.6) is 5.75 Å². The fourth-order valence-electron chi connectivity index (χ4n) is 4.45. The summed E-state index contributed by atoms with van der Waals surface area (Å²) in [7, 11) is 1.76. The van der Waals surface area contributed by atoms with Gasteiger partial charge in [0.1, 0.15) is 12.1 Å². The highest BCUT2D eigenvalue weighted by Gasteiger charge is 2.36. The Morgan fingerprint density at radius 3 is 2.86 bits per heavy atom. The molecule has 36 heavy (non-hydrogen) atoms. The van der Waals surface area contributed by atoms with Gasteiger partial charge >= 0.3 is 6.61 Å². The normalized spacial score (nSPS) is 23.0. The first-order valence-corrected chi connectivity index (χ1v) is 11.6. The van der Waals surface area contributed by atoms with Crippen LogP contribution in [0.2, 0.25) is 0 Å². The lowest BCUT2D eigenvalue weighted by Gasteiger charge is -2.34. The van der Waals surface area contributed by atoms with Gasteiger partial charge in [0, 0.05) is 48.6 Å². The van der Waals surface area contributed by atoms with Crippen molar-refractivity contribution in [1.29, 1.82) is 0 Å². The fourth-order valence-corrected chi connectivity index (χ4v) is 4.45. The molecule has 12 heteroatoms. The summed E-state index contributed by atoms with van der Waals surface area (Å²) in [6, 6.07) is 6.65. The minimum atomic E-state index is -3.06. The van der Waals surface area contributed by atoms with Gasteiger partial charge in [-0.25, -0.2) is 9.98 Å². The van der Waals surface area contributed by atoms with Crippen LogP contribution in [0.3, 0.4) is 0 Å². The van der Waals surface area contributed by atoms with E-state index in [1.165, 1.54) is 12.4 Å². The van der Waals surface area contributed by atoms with Gasteiger partial charge < -0.3 is 24.7 Å². The van der Waals surface area contributed by atoms with E-state index in [0.29, 0.717) is 36.0 Å². The number of nitrogens with two attached hydrogens (primary N) is 1. The van der Waals surface area contributed by atoms with Crippen molar-refractivity contribution in [3.8, 4) is 17.1 Å². The van der Waals surface area contributed by atoms with E-state index >= 15 is 0 Å². The van der Waals surface area contributed by atoms with Crippen LogP contribution >= 0.6 is 0 Å². The molecule has 2 aliphatic rings. The minimum Gasteiger partial charge on any atom is -0.434 e. The number of alkyl halides is 2. The lowest BCUT2D eigenvalue weighted by atomic mass is 9.90. The van der Waals surface area contributed by atoms with Crippen molar-refractivity contribution in [2.24, 2.45) is 23.2 Å². The molecule has 2 unspecified atom stereocenters. The third-order valence-corrected chi connectivity index (χ3v) is 6.46. The smallest absolute Gasteiger partial charge is 0.387 e. The zero-order valence-corrected chi connectivity index (χ0v) is 20.3.